The van der Waals surface area contributed by atoms with Gasteiger partial charge in [-0.15, -0.1) is 11.8 Å². The molecule has 2 N–H and O–H groups in total. The Kier molecular flexibility index (Phi) is 7.50. The van der Waals surface area contributed by atoms with Crippen LogP contribution in [0.15, 0.2) is 35.2 Å². The number of amides is 1. The minimum absolute atomic E-state index is 0.0179. The molecule has 8 heteroatoms. The Hall–Kier alpha value is -1.96. The molecular formula is C22H23ClF2N2O2S. The molecule has 4 nitrogen and oxygen atoms in total. The van der Waals surface area contributed by atoms with Crippen molar-refractivity contribution < 1.29 is 18.4 Å². The molecule has 1 aliphatic rings. The minimum Gasteiger partial charge on any atom is -0.319 e. The number of nitrogens with two attached hydrogens (primary N) is 1. The smallest absolute Gasteiger partial charge is 0.245 e. The van der Waals surface area contributed by atoms with Crippen LogP contribution in [0.2, 0.25) is 5.02 Å². The largest absolute Gasteiger partial charge is 0.319 e. The maximum atomic E-state index is 14.7. The first-order valence-corrected chi connectivity index (χ1v) is 11.2. The Balaban J connectivity index is 2.00. The summed E-state index contributed by atoms with van der Waals surface area (Å²) in [6.45, 7) is 2.06. The molecule has 3 rings (SSSR count). The van der Waals surface area contributed by atoms with Crippen molar-refractivity contribution in [3.8, 4) is 0 Å². The van der Waals surface area contributed by atoms with Crippen LogP contribution in [0.25, 0.3) is 0 Å². The molecule has 0 fully saturated rings. The third-order valence-corrected chi connectivity index (χ3v) is 6.44. The molecule has 2 aromatic rings. The average molecular weight is 453 g/mol. The molecule has 0 unspecified atom stereocenters. The van der Waals surface area contributed by atoms with E-state index in [0.29, 0.717) is 22.6 Å². The highest BCUT2D eigenvalue weighted by molar-refractivity contribution is 7.99. The number of ketones is 1. The molecule has 2 aromatic carbocycles. The Labute approximate surface area is 183 Å². The lowest BCUT2D eigenvalue weighted by molar-refractivity contribution is -0.119. The number of hydrogen-bond acceptors (Lipinski definition) is 4. The molecule has 160 valence electrons. The Morgan fingerprint density at radius 1 is 1.23 bits per heavy atom. The summed E-state index contributed by atoms with van der Waals surface area (Å²) in [5, 5.41) is -0.0179. The lowest BCUT2D eigenvalue weighted by Gasteiger charge is -2.25. The van der Waals surface area contributed by atoms with Gasteiger partial charge in [-0.1, -0.05) is 37.4 Å². The molecule has 30 heavy (non-hydrogen) atoms. The Bertz CT molecular complexity index is 970. The van der Waals surface area contributed by atoms with Gasteiger partial charge in [0.15, 0.2) is 5.78 Å². The fraction of sp³-hybridized carbons (Fsp3) is 0.364. The van der Waals surface area contributed by atoms with Gasteiger partial charge in [0.05, 0.1) is 28.9 Å². The van der Waals surface area contributed by atoms with E-state index in [1.165, 1.54) is 40.9 Å². The molecule has 0 bridgehead atoms. The average Bonchev–Trinajstić information content (AvgIpc) is 2.82. The zero-order valence-corrected chi connectivity index (χ0v) is 18.2. The maximum Gasteiger partial charge on any atom is 0.245 e. The molecule has 1 heterocycles. The van der Waals surface area contributed by atoms with Crippen molar-refractivity contribution in [3.05, 3.63) is 58.1 Å². The SMILES string of the molecule is CCCCCC(=O)c1cc2c(cc1F)SC[C@H](N)C(=O)N2Cc1ccc(Cl)c(F)c1. The molecule has 0 spiro atoms. The summed E-state index contributed by atoms with van der Waals surface area (Å²) in [5.41, 5.74) is 6.88. The van der Waals surface area contributed by atoms with Crippen LogP contribution in [-0.4, -0.2) is 23.5 Å². The molecule has 0 aliphatic carbocycles. The van der Waals surface area contributed by atoms with Gasteiger partial charge in [-0.25, -0.2) is 8.78 Å². The van der Waals surface area contributed by atoms with E-state index in [1.807, 2.05) is 6.92 Å². The van der Waals surface area contributed by atoms with Crippen molar-refractivity contribution in [2.75, 3.05) is 10.7 Å². The summed E-state index contributed by atoms with van der Waals surface area (Å²) in [7, 11) is 0. The van der Waals surface area contributed by atoms with Crippen LogP contribution in [0.1, 0.15) is 48.5 Å². The summed E-state index contributed by atoms with van der Waals surface area (Å²) in [5.74, 6) is -1.59. The van der Waals surface area contributed by atoms with Gasteiger partial charge in [0.25, 0.3) is 0 Å². The summed E-state index contributed by atoms with van der Waals surface area (Å²) in [6, 6.07) is 6.19. The van der Waals surface area contributed by atoms with Gasteiger partial charge < -0.3 is 10.6 Å². The standard InChI is InChI=1S/C22H23ClF2N2O2S/c1-2-3-4-5-20(28)14-9-19-21(10-16(14)24)30-12-18(26)22(29)27(19)11-13-6-7-15(23)17(25)8-13/h6-10,18H,2-5,11-12,26H2,1H3/t18-/m0/s1. The first kappa shape index (κ1) is 22.7. The summed E-state index contributed by atoms with van der Waals surface area (Å²) in [6.07, 6.45) is 2.76. The minimum atomic E-state index is -0.800. The van der Waals surface area contributed by atoms with Crippen molar-refractivity contribution >= 4 is 40.7 Å². The van der Waals surface area contributed by atoms with Gasteiger partial charge in [0.2, 0.25) is 5.91 Å². The van der Waals surface area contributed by atoms with Crippen LogP contribution >= 0.6 is 23.4 Å². The number of rotatable bonds is 7. The number of nitrogens with zero attached hydrogens (tertiary/aromatic N) is 1. The Morgan fingerprint density at radius 3 is 2.70 bits per heavy atom. The Morgan fingerprint density at radius 2 is 2.00 bits per heavy atom. The lowest BCUT2D eigenvalue weighted by atomic mass is 10.0. The predicted molar refractivity (Wildman–Crippen MR) is 116 cm³/mol. The topological polar surface area (TPSA) is 63.4 Å². The first-order chi connectivity index (χ1) is 14.3. The van der Waals surface area contributed by atoms with Gasteiger partial charge in [-0.05, 0) is 36.2 Å². The molecule has 1 atom stereocenters. The quantitative estimate of drug-likeness (QED) is 0.454. The van der Waals surface area contributed by atoms with E-state index in [0.717, 1.165) is 12.8 Å². The van der Waals surface area contributed by atoms with Crippen LogP contribution in [0.3, 0.4) is 0 Å². The highest BCUT2D eigenvalue weighted by atomic mass is 35.5. The highest BCUT2D eigenvalue weighted by Crippen LogP contribution is 2.37. The van der Waals surface area contributed by atoms with Crippen LogP contribution in [-0.2, 0) is 11.3 Å². The summed E-state index contributed by atoms with van der Waals surface area (Å²) in [4.78, 5) is 27.4. The van der Waals surface area contributed by atoms with Crippen LogP contribution < -0.4 is 10.6 Å². The predicted octanol–water partition coefficient (Wildman–Crippen LogP) is 5.35. The number of anilines is 1. The first-order valence-electron chi connectivity index (χ1n) is 9.82. The van der Waals surface area contributed by atoms with Crippen molar-refractivity contribution in [1.29, 1.82) is 0 Å². The maximum absolute atomic E-state index is 14.7. The fourth-order valence-electron chi connectivity index (χ4n) is 3.31. The van der Waals surface area contributed by atoms with Crippen molar-refractivity contribution in [2.45, 2.75) is 50.1 Å². The zero-order chi connectivity index (χ0) is 21.8. The lowest BCUT2D eigenvalue weighted by Crippen LogP contribution is -2.44. The van der Waals surface area contributed by atoms with Gasteiger partial charge in [0, 0.05) is 17.1 Å². The number of carbonyl (C=O) groups excluding carboxylic acids is 2. The molecule has 1 aliphatic heterocycles. The van der Waals surface area contributed by atoms with Crippen LogP contribution in [0.4, 0.5) is 14.5 Å². The molecule has 1 amide bonds. The molecule has 0 saturated heterocycles. The fourth-order valence-corrected chi connectivity index (χ4v) is 4.43. The van der Waals surface area contributed by atoms with Crippen LogP contribution in [0, 0.1) is 11.6 Å². The van der Waals surface area contributed by atoms with Gasteiger partial charge >= 0.3 is 0 Å². The monoisotopic (exact) mass is 452 g/mol. The second kappa shape index (κ2) is 9.90. The second-order valence-corrected chi connectivity index (χ2v) is 8.74. The van der Waals surface area contributed by atoms with E-state index in [-0.39, 0.29) is 41.0 Å². The summed E-state index contributed by atoms with van der Waals surface area (Å²) < 4.78 is 28.6. The highest BCUT2D eigenvalue weighted by Gasteiger charge is 2.30. The number of thioether (sulfide) groups is 1. The van der Waals surface area contributed by atoms with E-state index in [9.17, 15) is 18.4 Å². The third kappa shape index (κ3) is 5.02. The normalized spacial score (nSPS) is 16.4. The number of benzene rings is 2. The molecule has 0 aromatic heterocycles. The second-order valence-electron chi connectivity index (χ2n) is 7.27. The number of unbranched alkanes of at least 4 members (excludes halogenated alkanes) is 2. The number of halogens is 3. The van der Waals surface area contributed by atoms with Crippen molar-refractivity contribution in [1.82, 2.24) is 0 Å². The van der Waals surface area contributed by atoms with Crippen LogP contribution in [0.5, 0.6) is 0 Å². The number of hydrogen-bond donors (Lipinski definition) is 1. The van der Waals surface area contributed by atoms with E-state index in [2.05, 4.69) is 0 Å². The number of Topliss-reactive ketones (excluding diaryl/α,β-unsaturated/α-hetero) is 1. The van der Waals surface area contributed by atoms with E-state index in [4.69, 9.17) is 17.3 Å². The zero-order valence-electron chi connectivity index (χ0n) is 16.6. The number of fused-ring (bicyclic) bond motifs is 1. The molecular weight excluding hydrogens is 430 g/mol. The molecule has 0 radical (unpaired) electrons. The molecule has 0 saturated carbocycles. The van der Waals surface area contributed by atoms with Gasteiger partial charge in [-0.2, -0.15) is 0 Å². The third-order valence-electron chi connectivity index (χ3n) is 4.97. The van der Waals surface area contributed by atoms with E-state index in [1.54, 1.807) is 6.07 Å². The van der Waals surface area contributed by atoms with Gasteiger partial charge in [0.1, 0.15) is 11.6 Å². The number of carbonyl (C=O) groups is 2. The van der Waals surface area contributed by atoms with E-state index >= 15 is 0 Å². The van der Waals surface area contributed by atoms with Crippen molar-refractivity contribution in [3.63, 3.8) is 0 Å². The van der Waals surface area contributed by atoms with Gasteiger partial charge in [-0.3, -0.25) is 9.59 Å². The van der Waals surface area contributed by atoms with E-state index < -0.39 is 17.7 Å². The van der Waals surface area contributed by atoms with Crippen molar-refractivity contribution in [2.24, 2.45) is 5.73 Å². The summed E-state index contributed by atoms with van der Waals surface area (Å²) >= 11 is 7.01.